The molecule has 0 heterocycles. The lowest BCUT2D eigenvalue weighted by Gasteiger charge is -2.07. The Bertz CT molecular complexity index is 676. The van der Waals surface area contributed by atoms with Crippen molar-refractivity contribution in [1.82, 2.24) is 10.6 Å². The topological polar surface area (TPSA) is 58.2 Å². The standard InChI is InChI=1S/C20H24N2O2/c1-15(23)11-16-3-9-19(10-4-16)14-22-20(24)12-17-5-7-18(8-6-17)13-21-2/h3-10,21H,11-14H2,1-2H3,(H,22,24). The fraction of sp³-hybridized carbons (Fsp3) is 0.300. The Labute approximate surface area is 143 Å². The number of nitrogens with one attached hydrogen (secondary N) is 2. The molecule has 2 rings (SSSR count). The Balaban J connectivity index is 1.81. The van der Waals surface area contributed by atoms with Crippen LogP contribution in [0.2, 0.25) is 0 Å². The normalized spacial score (nSPS) is 10.4. The molecule has 0 spiro atoms. The summed E-state index contributed by atoms with van der Waals surface area (Å²) in [6, 6.07) is 15.8. The molecule has 4 nitrogen and oxygen atoms in total. The first kappa shape index (κ1) is 17.9. The summed E-state index contributed by atoms with van der Waals surface area (Å²) in [7, 11) is 1.91. The molecule has 0 aromatic heterocycles. The zero-order valence-corrected chi connectivity index (χ0v) is 14.3. The molecule has 0 unspecified atom stereocenters. The van der Waals surface area contributed by atoms with Gasteiger partial charge >= 0.3 is 0 Å². The van der Waals surface area contributed by atoms with Crippen LogP contribution in [0.25, 0.3) is 0 Å². The van der Waals surface area contributed by atoms with Crippen molar-refractivity contribution in [2.75, 3.05) is 7.05 Å². The Hall–Kier alpha value is -2.46. The molecule has 0 saturated heterocycles. The van der Waals surface area contributed by atoms with Crippen molar-refractivity contribution in [2.45, 2.75) is 32.9 Å². The van der Waals surface area contributed by atoms with E-state index in [4.69, 9.17) is 0 Å². The summed E-state index contributed by atoms with van der Waals surface area (Å²) in [5, 5.41) is 6.03. The molecule has 0 atom stereocenters. The predicted octanol–water partition coefficient (Wildman–Crippen LogP) is 2.40. The highest BCUT2D eigenvalue weighted by Crippen LogP contribution is 2.07. The number of carbonyl (C=O) groups excluding carboxylic acids is 2. The van der Waals surface area contributed by atoms with Crippen molar-refractivity contribution in [3.63, 3.8) is 0 Å². The third-order valence-electron chi connectivity index (χ3n) is 3.73. The summed E-state index contributed by atoms with van der Waals surface area (Å²) in [4.78, 5) is 23.1. The fourth-order valence-electron chi connectivity index (χ4n) is 2.49. The summed E-state index contributed by atoms with van der Waals surface area (Å²) < 4.78 is 0. The summed E-state index contributed by atoms with van der Waals surface area (Å²) in [5.41, 5.74) is 4.23. The van der Waals surface area contributed by atoms with Crippen molar-refractivity contribution in [2.24, 2.45) is 0 Å². The van der Waals surface area contributed by atoms with Crippen LogP contribution in [-0.4, -0.2) is 18.7 Å². The van der Waals surface area contributed by atoms with Gasteiger partial charge in [-0.2, -0.15) is 0 Å². The van der Waals surface area contributed by atoms with Gasteiger partial charge in [-0.1, -0.05) is 48.5 Å². The molecular formula is C20H24N2O2. The van der Waals surface area contributed by atoms with E-state index >= 15 is 0 Å². The number of ketones is 1. The van der Waals surface area contributed by atoms with Crippen molar-refractivity contribution in [3.05, 3.63) is 70.8 Å². The van der Waals surface area contributed by atoms with E-state index in [0.717, 1.165) is 23.2 Å². The van der Waals surface area contributed by atoms with E-state index in [1.54, 1.807) is 6.92 Å². The average molecular weight is 324 g/mol. The molecule has 2 aromatic carbocycles. The highest BCUT2D eigenvalue weighted by Gasteiger charge is 2.04. The molecule has 2 aromatic rings. The second-order valence-corrected chi connectivity index (χ2v) is 6.00. The first-order valence-corrected chi connectivity index (χ1v) is 8.13. The summed E-state index contributed by atoms with van der Waals surface area (Å²) >= 11 is 0. The van der Waals surface area contributed by atoms with Crippen LogP contribution >= 0.6 is 0 Å². The van der Waals surface area contributed by atoms with Gasteiger partial charge in [0.25, 0.3) is 0 Å². The van der Waals surface area contributed by atoms with Crippen LogP contribution in [0, 0.1) is 0 Å². The maximum Gasteiger partial charge on any atom is 0.224 e. The molecule has 4 heteroatoms. The van der Waals surface area contributed by atoms with Gasteiger partial charge in [0.15, 0.2) is 0 Å². The molecule has 1 amide bonds. The van der Waals surface area contributed by atoms with Crippen LogP contribution in [0.15, 0.2) is 48.5 Å². The third-order valence-corrected chi connectivity index (χ3v) is 3.73. The smallest absolute Gasteiger partial charge is 0.224 e. The Morgan fingerprint density at radius 2 is 1.21 bits per heavy atom. The van der Waals surface area contributed by atoms with E-state index in [9.17, 15) is 9.59 Å². The number of carbonyl (C=O) groups is 2. The molecular weight excluding hydrogens is 300 g/mol. The zero-order chi connectivity index (χ0) is 17.4. The van der Waals surface area contributed by atoms with Gasteiger partial charge in [0, 0.05) is 19.5 Å². The average Bonchev–Trinajstić information content (AvgIpc) is 2.56. The monoisotopic (exact) mass is 324 g/mol. The molecule has 0 bridgehead atoms. The second-order valence-electron chi connectivity index (χ2n) is 6.00. The number of hydrogen-bond acceptors (Lipinski definition) is 3. The quantitative estimate of drug-likeness (QED) is 0.784. The van der Waals surface area contributed by atoms with Gasteiger partial charge in [-0.05, 0) is 36.2 Å². The molecule has 0 aliphatic heterocycles. The maximum atomic E-state index is 12.0. The van der Waals surface area contributed by atoms with Crippen LogP contribution in [0.5, 0.6) is 0 Å². The molecule has 0 aliphatic rings. The highest BCUT2D eigenvalue weighted by molar-refractivity contribution is 5.79. The van der Waals surface area contributed by atoms with Crippen molar-refractivity contribution < 1.29 is 9.59 Å². The number of amides is 1. The lowest BCUT2D eigenvalue weighted by molar-refractivity contribution is -0.120. The minimum atomic E-state index is 0.00387. The van der Waals surface area contributed by atoms with Crippen molar-refractivity contribution in [3.8, 4) is 0 Å². The summed E-state index contributed by atoms with van der Waals surface area (Å²) in [6.07, 6.45) is 0.832. The lowest BCUT2D eigenvalue weighted by atomic mass is 10.1. The van der Waals surface area contributed by atoms with Gasteiger partial charge in [0.2, 0.25) is 5.91 Å². The SMILES string of the molecule is CNCc1ccc(CC(=O)NCc2ccc(CC(C)=O)cc2)cc1. The van der Waals surface area contributed by atoms with E-state index in [0.29, 0.717) is 19.4 Å². The Kier molecular flexibility index (Phi) is 6.70. The first-order valence-electron chi connectivity index (χ1n) is 8.13. The van der Waals surface area contributed by atoms with Gasteiger partial charge in [0.05, 0.1) is 6.42 Å². The van der Waals surface area contributed by atoms with Crippen LogP contribution in [0.3, 0.4) is 0 Å². The van der Waals surface area contributed by atoms with E-state index in [1.165, 1.54) is 5.56 Å². The molecule has 2 N–H and O–H groups in total. The zero-order valence-electron chi connectivity index (χ0n) is 14.3. The molecule has 0 saturated carbocycles. The molecule has 0 radical (unpaired) electrons. The largest absolute Gasteiger partial charge is 0.352 e. The Morgan fingerprint density at radius 3 is 1.71 bits per heavy atom. The fourth-order valence-corrected chi connectivity index (χ4v) is 2.49. The number of hydrogen-bond donors (Lipinski definition) is 2. The van der Waals surface area contributed by atoms with Gasteiger partial charge in [-0.3, -0.25) is 9.59 Å². The highest BCUT2D eigenvalue weighted by atomic mass is 16.1. The third kappa shape index (κ3) is 5.97. The molecule has 126 valence electrons. The lowest BCUT2D eigenvalue weighted by Crippen LogP contribution is -2.24. The molecule has 24 heavy (non-hydrogen) atoms. The van der Waals surface area contributed by atoms with Crippen LogP contribution in [0.1, 0.15) is 29.2 Å². The molecule has 0 fully saturated rings. The second kappa shape index (κ2) is 8.99. The van der Waals surface area contributed by atoms with Crippen molar-refractivity contribution >= 4 is 11.7 Å². The van der Waals surface area contributed by atoms with Gasteiger partial charge in [-0.25, -0.2) is 0 Å². The van der Waals surface area contributed by atoms with E-state index in [1.807, 2.05) is 55.6 Å². The minimum Gasteiger partial charge on any atom is -0.352 e. The van der Waals surface area contributed by atoms with Crippen LogP contribution in [0.4, 0.5) is 0 Å². The minimum absolute atomic E-state index is 0.00387. The predicted molar refractivity (Wildman–Crippen MR) is 95.6 cm³/mol. The maximum absolute atomic E-state index is 12.0. The van der Waals surface area contributed by atoms with Gasteiger partial charge in [0.1, 0.15) is 5.78 Å². The number of Topliss-reactive ketones (excluding diaryl/α,β-unsaturated/α-hetero) is 1. The van der Waals surface area contributed by atoms with Gasteiger partial charge in [-0.15, -0.1) is 0 Å². The van der Waals surface area contributed by atoms with E-state index in [-0.39, 0.29) is 11.7 Å². The molecule has 0 aliphatic carbocycles. The van der Waals surface area contributed by atoms with E-state index < -0.39 is 0 Å². The number of benzene rings is 2. The van der Waals surface area contributed by atoms with Crippen LogP contribution in [-0.2, 0) is 35.5 Å². The van der Waals surface area contributed by atoms with Gasteiger partial charge < -0.3 is 10.6 Å². The Morgan fingerprint density at radius 1 is 0.750 bits per heavy atom. The first-order chi connectivity index (χ1) is 11.6. The summed E-state index contributed by atoms with van der Waals surface area (Å²) in [6.45, 7) is 2.91. The van der Waals surface area contributed by atoms with Crippen LogP contribution < -0.4 is 10.6 Å². The van der Waals surface area contributed by atoms with Crippen molar-refractivity contribution in [1.29, 1.82) is 0 Å². The van der Waals surface area contributed by atoms with E-state index in [2.05, 4.69) is 10.6 Å². The number of rotatable bonds is 8. The summed E-state index contributed by atoms with van der Waals surface area (Å²) in [5.74, 6) is 0.154.